The van der Waals surface area contributed by atoms with Gasteiger partial charge >= 0.3 is 0 Å². The second-order valence-electron chi connectivity index (χ2n) is 11.3. The van der Waals surface area contributed by atoms with Crippen molar-refractivity contribution >= 4 is 27.2 Å². The van der Waals surface area contributed by atoms with Gasteiger partial charge in [-0.2, -0.15) is 0 Å². The standard InChI is InChI=1S/C37H29NO/c38-31-19-17-25-13-7-15-27-29(23-9-3-1-4-10-23)21-37(35(31)33(25)27)22-30(24-11-5-2-6-12-24)28-16-8-14-26-18-20-32(39)36(37)34(26)28/h1-20,29-30,39H,21-22,38H2/t29-,30-,37+/m0/s1. The van der Waals surface area contributed by atoms with Gasteiger partial charge in [-0.15, -0.1) is 0 Å². The summed E-state index contributed by atoms with van der Waals surface area (Å²) in [7, 11) is 0. The summed E-state index contributed by atoms with van der Waals surface area (Å²) in [6, 6.07) is 43.2. The van der Waals surface area contributed by atoms with E-state index in [1.807, 2.05) is 6.07 Å². The Kier molecular flexibility index (Phi) is 4.73. The van der Waals surface area contributed by atoms with E-state index < -0.39 is 5.41 Å². The largest absolute Gasteiger partial charge is 0.508 e. The van der Waals surface area contributed by atoms with Gasteiger partial charge in [0.15, 0.2) is 0 Å². The maximum absolute atomic E-state index is 11.8. The number of benzene rings is 6. The lowest BCUT2D eigenvalue weighted by Gasteiger charge is -2.49. The maximum atomic E-state index is 11.8. The van der Waals surface area contributed by atoms with Gasteiger partial charge in [-0.3, -0.25) is 0 Å². The van der Waals surface area contributed by atoms with Gasteiger partial charge in [-0.25, -0.2) is 0 Å². The Labute approximate surface area is 228 Å². The van der Waals surface area contributed by atoms with Crippen molar-refractivity contribution in [2.45, 2.75) is 30.1 Å². The van der Waals surface area contributed by atoms with Crippen molar-refractivity contribution in [2.75, 3.05) is 5.73 Å². The molecule has 0 bridgehead atoms. The highest BCUT2D eigenvalue weighted by molar-refractivity contribution is 6.00. The molecule has 0 saturated carbocycles. The van der Waals surface area contributed by atoms with E-state index in [1.54, 1.807) is 0 Å². The average molecular weight is 504 g/mol. The number of rotatable bonds is 2. The lowest BCUT2D eigenvalue weighted by Crippen LogP contribution is -2.39. The van der Waals surface area contributed by atoms with Crippen LogP contribution in [0.1, 0.15) is 58.1 Å². The fourth-order valence-electron chi connectivity index (χ4n) is 7.90. The van der Waals surface area contributed by atoms with Crippen LogP contribution in [0.2, 0.25) is 0 Å². The number of hydrogen-bond acceptors (Lipinski definition) is 2. The lowest BCUT2D eigenvalue weighted by molar-refractivity contribution is 0.365. The van der Waals surface area contributed by atoms with Gasteiger partial charge in [0.05, 0.1) is 0 Å². The van der Waals surface area contributed by atoms with Gasteiger partial charge in [0.1, 0.15) is 5.75 Å². The summed E-state index contributed by atoms with van der Waals surface area (Å²) >= 11 is 0. The molecule has 188 valence electrons. The molecular weight excluding hydrogens is 474 g/mol. The molecule has 8 rings (SSSR count). The molecule has 0 radical (unpaired) electrons. The van der Waals surface area contributed by atoms with Gasteiger partial charge in [-0.1, -0.05) is 109 Å². The fourth-order valence-corrected chi connectivity index (χ4v) is 7.90. The molecule has 3 atom stereocenters. The molecule has 3 N–H and O–H groups in total. The highest BCUT2D eigenvalue weighted by atomic mass is 16.3. The van der Waals surface area contributed by atoms with Crippen molar-refractivity contribution in [3.63, 3.8) is 0 Å². The predicted molar refractivity (Wildman–Crippen MR) is 161 cm³/mol. The van der Waals surface area contributed by atoms with Crippen molar-refractivity contribution in [3.05, 3.63) is 155 Å². The number of hydrogen-bond donors (Lipinski definition) is 2. The summed E-state index contributed by atoms with van der Waals surface area (Å²) in [5.74, 6) is 0.727. The smallest absolute Gasteiger partial charge is 0.120 e. The van der Waals surface area contributed by atoms with Crippen LogP contribution in [0.5, 0.6) is 5.75 Å². The number of anilines is 1. The highest BCUT2D eigenvalue weighted by Gasteiger charge is 2.50. The van der Waals surface area contributed by atoms with E-state index in [-0.39, 0.29) is 11.8 Å². The van der Waals surface area contributed by atoms with Gasteiger partial charge in [0.25, 0.3) is 0 Å². The van der Waals surface area contributed by atoms with Gasteiger partial charge < -0.3 is 10.8 Å². The molecule has 0 fully saturated rings. The molecular formula is C37H29NO. The topological polar surface area (TPSA) is 46.2 Å². The predicted octanol–water partition coefficient (Wildman–Crippen LogP) is 8.64. The number of aromatic hydroxyl groups is 1. The van der Waals surface area contributed by atoms with E-state index in [0.29, 0.717) is 5.75 Å². The molecule has 0 saturated heterocycles. The minimum atomic E-state index is -0.461. The van der Waals surface area contributed by atoms with E-state index in [9.17, 15) is 5.11 Å². The molecule has 39 heavy (non-hydrogen) atoms. The first-order valence-corrected chi connectivity index (χ1v) is 13.8. The molecule has 2 heteroatoms. The van der Waals surface area contributed by atoms with Crippen LogP contribution in [0.4, 0.5) is 5.69 Å². The Morgan fingerprint density at radius 1 is 0.538 bits per heavy atom. The van der Waals surface area contributed by atoms with Crippen LogP contribution < -0.4 is 5.73 Å². The quantitative estimate of drug-likeness (QED) is 0.232. The minimum Gasteiger partial charge on any atom is -0.508 e. The Balaban J connectivity index is 1.55. The molecule has 6 aromatic rings. The van der Waals surface area contributed by atoms with E-state index in [4.69, 9.17) is 5.73 Å². The fraction of sp³-hybridized carbons (Fsp3) is 0.135. The van der Waals surface area contributed by atoms with Crippen LogP contribution in [-0.2, 0) is 5.41 Å². The van der Waals surface area contributed by atoms with Crippen LogP contribution in [0.3, 0.4) is 0 Å². The monoisotopic (exact) mass is 503 g/mol. The second kappa shape index (κ2) is 8.22. The van der Waals surface area contributed by atoms with Crippen molar-refractivity contribution in [1.29, 1.82) is 0 Å². The lowest BCUT2D eigenvalue weighted by atomic mass is 9.54. The summed E-state index contributed by atoms with van der Waals surface area (Å²) in [6.45, 7) is 0. The Morgan fingerprint density at radius 2 is 1.05 bits per heavy atom. The zero-order valence-electron chi connectivity index (χ0n) is 21.6. The van der Waals surface area contributed by atoms with Crippen LogP contribution in [0.15, 0.2) is 121 Å². The summed E-state index contributed by atoms with van der Waals surface area (Å²) in [6.07, 6.45) is 1.70. The SMILES string of the molecule is Nc1ccc2cccc3c2c1[C@@]1(C[C@H]3c2ccccc2)C[C@@H](c2ccccc2)c2cccc3ccc(O)c1c23. The van der Waals surface area contributed by atoms with E-state index in [2.05, 4.69) is 115 Å². The number of phenolic OH excluding ortho intramolecular Hbond substituents is 1. The number of phenols is 1. The first-order valence-electron chi connectivity index (χ1n) is 13.8. The molecule has 0 amide bonds. The van der Waals surface area contributed by atoms with Gasteiger partial charge in [0, 0.05) is 28.5 Å². The summed E-state index contributed by atoms with van der Waals surface area (Å²) in [5, 5.41) is 16.6. The van der Waals surface area contributed by atoms with Crippen LogP contribution in [0.25, 0.3) is 21.5 Å². The van der Waals surface area contributed by atoms with Crippen molar-refractivity contribution in [2.24, 2.45) is 0 Å². The van der Waals surface area contributed by atoms with Crippen LogP contribution in [-0.4, -0.2) is 5.11 Å². The molecule has 0 aromatic heterocycles. The molecule has 2 aliphatic rings. The third-order valence-corrected chi connectivity index (χ3v) is 9.38. The van der Waals surface area contributed by atoms with E-state index in [0.717, 1.165) is 24.1 Å². The zero-order chi connectivity index (χ0) is 26.1. The molecule has 0 heterocycles. The molecule has 2 aliphatic carbocycles. The van der Waals surface area contributed by atoms with Crippen molar-refractivity contribution in [3.8, 4) is 5.75 Å². The third kappa shape index (κ3) is 3.09. The molecule has 0 unspecified atom stereocenters. The van der Waals surface area contributed by atoms with Crippen molar-refractivity contribution < 1.29 is 5.11 Å². The highest BCUT2D eigenvalue weighted by Crippen LogP contribution is 2.62. The Morgan fingerprint density at radius 3 is 1.62 bits per heavy atom. The van der Waals surface area contributed by atoms with Gasteiger partial charge in [0.2, 0.25) is 0 Å². The normalized spacial score (nSPS) is 21.4. The summed E-state index contributed by atoms with van der Waals surface area (Å²) < 4.78 is 0. The molecule has 2 nitrogen and oxygen atoms in total. The van der Waals surface area contributed by atoms with E-state index >= 15 is 0 Å². The first-order chi connectivity index (χ1) is 19.2. The Bertz CT molecular complexity index is 1750. The van der Waals surface area contributed by atoms with Crippen LogP contribution in [0, 0.1) is 0 Å². The Hall–Kier alpha value is -4.56. The van der Waals surface area contributed by atoms with Gasteiger partial charge in [-0.05, 0) is 74.3 Å². The number of nitrogens with two attached hydrogens (primary N) is 1. The van der Waals surface area contributed by atoms with Crippen LogP contribution >= 0.6 is 0 Å². The number of fused-ring (bicyclic) bond motifs is 2. The number of nitrogen functional groups attached to an aromatic ring is 1. The zero-order valence-corrected chi connectivity index (χ0v) is 21.6. The molecule has 1 spiro atoms. The first kappa shape index (κ1) is 22.4. The molecule has 6 aromatic carbocycles. The van der Waals surface area contributed by atoms with E-state index in [1.165, 1.54) is 49.4 Å². The minimum absolute atomic E-state index is 0.181. The second-order valence-corrected chi connectivity index (χ2v) is 11.3. The maximum Gasteiger partial charge on any atom is 0.120 e. The molecule has 0 aliphatic heterocycles. The summed E-state index contributed by atoms with van der Waals surface area (Å²) in [5.41, 5.74) is 14.8. The van der Waals surface area contributed by atoms with Crippen molar-refractivity contribution in [1.82, 2.24) is 0 Å². The average Bonchev–Trinajstić information content (AvgIpc) is 2.99. The third-order valence-electron chi connectivity index (χ3n) is 9.38. The summed E-state index contributed by atoms with van der Waals surface area (Å²) in [4.78, 5) is 0.